The topological polar surface area (TPSA) is 55.8 Å². The van der Waals surface area contributed by atoms with Gasteiger partial charge in [0.25, 0.3) is 0 Å². The molecule has 0 bridgehead atoms. The van der Waals surface area contributed by atoms with Crippen LogP contribution in [0, 0.1) is 5.92 Å². The maximum atomic E-state index is 6.31. The number of benzene rings is 1. The van der Waals surface area contributed by atoms with Gasteiger partial charge in [0, 0.05) is 52.0 Å². The van der Waals surface area contributed by atoms with Crippen LogP contribution in [0.4, 0.5) is 5.82 Å². The first-order valence-corrected chi connectivity index (χ1v) is 11.7. The Labute approximate surface area is 190 Å². The molecule has 0 radical (unpaired) electrons. The predicted octanol–water partition coefficient (Wildman–Crippen LogP) is 3.04. The van der Waals surface area contributed by atoms with Crippen molar-refractivity contribution in [2.24, 2.45) is 10.9 Å². The molecule has 6 nitrogen and oxygen atoms in total. The van der Waals surface area contributed by atoms with Gasteiger partial charge in [-0.15, -0.1) is 0 Å². The molecular weight excluding hydrogens is 408 g/mol. The monoisotopic (exact) mass is 440 g/mol. The Balaban J connectivity index is 1.18. The Kier molecular flexibility index (Phi) is 7.65. The molecule has 2 aromatic rings. The van der Waals surface area contributed by atoms with Crippen LogP contribution in [0.2, 0.25) is 5.02 Å². The molecule has 31 heavy (non-hydrogen) atoms. The summed E-state index contributed by atoms with van der Waals surface area (Å²) in [5.74, 6) is 2.43. The second-order valence-electron chi connectivity index (χ2n) is 8.53. The van der Waals surface area contributed by atoms with E-state index in [4.69, 9.17) is 11.6 Å². The van der Waals surface area contributed by atoms with Crippen LogP contribution in [0.25, 0.3) is 0 Å². The quantitative estimate of drug-likeness (QED) is 0.512. The van der Waals surface area contributed by atoms with Gasteiger partial charge in [0.15, 0.2) is 5.96 Å². The molecule has 1 aromatic carbocycles. The zero-order chi connectivity index (χ0) is 21.5. The molecule has 3 heterocycles. The van der Waals surface area contributed by atoms with Crippen LogP contribution < -0.4 is 15.5 Å². The molecule has 2 aliphatic heterocycles. The second kappa shape index (κ2) is 10.8. The van der Waals surface area contributed by atoms with Crippen molar-refractivity contribution in [1.29, 1.82) is 0 Å². The zero-order valence-electron chi connectivity index (χ0n) is 18.3. The Bertz CT molecular complexity index is 858. The number of aliphatic imine (C=N–C) groups is 1. The summed E-state index contributed by atoms with van der Waals surface area (Å²) in [6.45, 7) is 6.28. The zero-order valence-corrected chi connectivity index (χ0v) is 19.1. The summed E-state index contributed by atoms with van der Waals surface area (Å²) in [6.07, 6.45) is 5.22. The summed E-state index contributed by atoms with van der Waals surface area (Å²) in [7, 11) is 1.85. The lowest BCUT2D eigenvalue weighted by Gasteiger charge is -2.21. The number of halogens is 1. The van der Waals surface area contributed by atoms with E-state index in [2.05, 4.69) is 60.7 Å². The predicted molar refractivity (Wildman–Crippen MR) is 129 cm³/mol. The third kappa shape index (κ3) is 6.11. The van der Waals surface area contributed by atoms with Crippen molar-refractivity contribution in [2.45, 2.75) is 25.3 Å². The van der Waals surface area contributed by atoms with E-state index in [-0.39, 0.29) is 0 Å². The van der Waals surface area contributed by atoms with Gasteiger partial charge < -0.3 is 20.4 Å². The first kappa shape index (κ1) is 21.9. The number of hydrogen-bond acceptors (Lipinski definition) is 4. The Morgan fingerprint density at radius 2 is 2.00 bits per heavy atom. The van der Waals surface area contributed by atoms with Crippen molar-refractivity contribution in [2.75, 3.05) is 51.2 Å². The summed E-state index contributed by atoms with van der Waals surface area (Å²) >= 11 is 6.31. The minimum absolute atomic E-state index is 0.343. The number of rotatable bonds is 7. The van der Waals surface area contributed by atoms with Crippen LogP contribution >= 0.6 is 11.6 Å². The number of nitrogens with one attached hydrogen (secondary N) is 2. The number of guanidine groups is 1. The summed E-state index contributed by atoms with van der Waals surface area (Å²) in [4.78, 5) is 13.7. The number of pyridine rings is 1. The maximum absolute atomic E-state index is 6.31. The van der Waals surface area contributed by atoms with E-state index in [1.165, 1.54) is 18.5 Å². The van der Waals surface area contributed by atoms with Gasteiger partial charge in [0.2, 0.25) is 0 Å². The standard InChI is InChI=1S/C24H33ClN6/c1-26-24(29-21-11-15-31(18-21)23-22(25)8-5-12-27-23)28-16-20-10-14-30(17-20)13-9-19-6-3-2-4-7-19/h2-8,12,20-21H,9-11,13-18H2,1H3,(H2,26,28,29). The van der Waals surface area contributed by atoms with E-state index in [0.717, 1.165) is 57.3 Å². The van der Waals surface area contributed by atoms with Crippen molar-refractivity contribution in [1.82, 2.24) is 20.5 Å². The molecule has 2 N–H and O–H groups in total. The molecule has 2 aliphatic rings. The lowest BCUT2D eigenvalue weighted by Crippen LogP contribution is -2.46. The minimum Gasteiger partial charge on any atom is -0.356 e. The molecule has 0 amide bonds. The highest BCUT2D eigenvalue weighted by Crippen LogP contribution is 2.25. The molecule has 0 aliphatic carbocycles. The van der Waals surface area contributed by atoms with Crippen LogP contribution in [-0.2, 0) is 6.42 Å². The molecular formula is C24H33ClN6. The maximum Gasteiger partial charge on any atom is 0.191 e. The number of anilines is 1. The number of nitrogens with zero attached hydrogens (tertiary/aromatic N) is 4. The van der Waals surface area contributed by atoms with E-state index in [9.17, 15) is 0 Å². The van der Waals surface area contributed by atoms with E-state index in [1.807, 2.05) is 19.2 Å². The van der Waals surface area contributed by atoms with Crippen LogP contribution in [0.3, 0.4) is 0 Å². The fraction of sp³-hybridized carbons (Fsp3) is 0.500. The van der Waals surface area contributed by atoms with Crippen LogP contribution in [0.1, 0.15) is 18.4 Å². The normalized spacial score (nSPS) is 22.1. The summed E-state index contributed by atoms with van der Waals surface area (Å²) in [5.41, 5.74) is 1.42. The van der Waals surface area contributed by atoms with Crippen LogP contribution in [-0.4, -0.2) is 68.2 Å². The second-order valence-corrected chi connectivity index (χ2v) is 8.94. The largest absolute Gasteiger partial charge is 0.356 e. The van der Waals surface area contributed by atoms with Crippen LogP contribution in [0.5, 0.6) is 0 Å². The van der Waals surface area contributed by atoms with Gasteiger partial charge >= 0.3 is 0 Å². The summed E-state index contributed by atoms with van der Waals surface area (Å²) in [6, 6.07) is 14.9. The van der Waals surface area contributed by atoms with Gasteiger partial charge in [0.1, 0.15) is 5.82 Å². The Morgan fingerprint density at radius 1 is 1.13 bits per heavy atom. The molecule has 1 aromatic heterocycles. The molecule has 0 spiro atoms. The van der Waals surface area contributed by atoms with Crippen LogP contribution in [0.15, 0.2) is 53.7 Å². The van der Waals surface area contributed by atoms with Crippen molar-refractivity contribution in [3.05, 3.63) is 59.2 Å². The third-order valence-electron chi connectivity index (χ3n) is 6.28. The fourth-order valence-corrected chi connectivity index (χ4v) is 4.77. The number of likely N-dealkylation sites (tertiary alicyclic amines) is 1. The molecule has 2 fully saturated rings. The highest BCUT2D eigenvalue weighted by molar-refractivity contribution is 6.32. The Hall–Kier alpha value is -2.31. The third-order valence-corrected chi connectivity index (χ3v) is 6.57. The highest BCUT2D eigenvalue weighted by atomic mass is 35.5. The number of hydrogen-bond donors (Lipinski definition) is 2. The van der Waals surface area contributed by atoms with Gasteiger partial charge in [-0.25, -0.2) is 4.98 Å². The average Bonchev–Trinajstić information content (AvgIpc) is 3.46. The van der Waals surface area contributed by atoms with Gasteiger partial charge in [-0.3, -0.25) is 4.99 Å². The minimum atomic E-state index is 0.343. The highest BCUT2D eigenvalue weighted by Gasteiger charge is 2.26. The van der Waals surface area contributed by atoms with E-state index in [1.54, 1.807) is 6.20 Å². The lowest BCUT2D eigenvalue weighted by molar-refractivity contribution is 0.328. The van der Waals surface area contributed by atoms with Crippen molar-refractivity contribution in [3.8, 4) is 0 Å². The van der Waals surface area contributed by atoms with Crippen molar-refractivity contribution < 1.29 is 0 Å². The van der Waals surface area contributed by atoms with Gasteiger partial charge in [0.05, 0.1) is 5.02 Å². The Morgan fingerprint density at radius 3 is 2.81 bits per heavy atom. The van der Waals surface area contributed by atoms with Gasteiger partial charge in [-0.2, -0.15) is 0 Å². The molecule has 2 unspecified atom stereocenters. The summed E-state index contributed by atoms with van der Waals surface area (Å²) in [5, 5.41) is 7.84. The smallest absolute Gasteiger partial charge is 0.191 e. The first-order chi connectivity index (χ1) is 15.2. The van der Waals surface area contributed by atoms with Crippen molar-refractivity contribution >= 4 is 23.4 Å². The SMILES string of the molecule is CN=C(NCC1CCN(CCc2ccccc2)C1)NC1CCN(c2ncccc2Cl)C1. The molecule has 4 rings (SSSR count). The van der Waals surface area contributed by atoms with Gasteiger partial charge in [-0.05, 0) is 49.4 Å². The summed E-state index contributed by atoms with van der Waals surface area (Å²) < 4.78 is 0. The van der Waals surface area contributed by atoms with E-state index < -0.39 is 0 Å². The molecule has 0 saturated carbocycles. The van der Waals surface area contributed by atoms with Crippen molar-refractivity contribution in [3.63, 3.8) is 0 Å². The molecule has 2 atom stereocenters. The van der Waals surface area contributed by atoms with Gasteiger partial charge in [-0.1, -0.05) is 41.9 Å². The molecule has 166 valence electrons. The lowest BCUT2D eigenvalue weighted by atomic mass is 10.1. The van der Waals surface area contributed by atoms with E-state index in [0.29, 0.717) is 17.0 Å². The fourth-order valence-electron chi connectivity index (χ4n) is 4.52. The molecule has 7 heteroatoms. The first-order valence-electron chi connectivity index (χ1n) is 11.3. The molecule has 2 saturated heterocycles. The van der Waals surface area contributed by atoms with E-state index >= 15 is 0 Å². The number of aromatic nitrogens is 1. The average molecular weight is 441 g/mol.